The molecule has 114 valence electrons. The number of hydrogen-bond acceptors (Lipinski definition) is 4. The molecule has 0 saturated carbocycles. The smallest absolute Gasteiger partial charge is 0.286 e. The largest absolute Gasteiger partial charge is 0.449 e. The highest BCUT2D eigenvalue weighted by molar-refractivity contribution is 5.98. The number of hydrogen-bond donors (Lipinski definition) is 2. The highest BCUT2D eigenvalue weighted by Crippen LogP contribution is 2.35. The van der Waals surface area contributed by atoms with Crippen molar-refractivity contribution < 1.29 is 13.6 Å². The van der Waals surface area contributed by atoms with Crippen LogP contribution in [0.5, 0.6) is 0 Å². The molecule has 3 N–H and O–H groups in total. The van der Waals surface area contributed by atoms with E-state index < -0.39 is 11.7 Å². The summed E-state index contributed by atoms with van der Waals surface area (Å²) in [7, 11) is 1.90. The summed E-state index contributed by atoms with van der Waals surface area (Å²) in [6.07, 6.45) is 3.59. The van der Waals surface area contributed by atoms with Gasteiger partial charge in [0.1, 0.15) is 11.6 Å². The molecule has 2 heterocycles. The molecule has 0 radical (unpaired) electrons. The van der Waals surface area contributed by atoms with E-state index in [2.05, 4.69) is 5.32 Å². The molecule has 3 rings (SSSR count). The van der Waals surface area contributed by atoms with Crippen LogP contribution in [0.15, 0.2) is 28.8 Å². The number of benzene rings is 1. The summed E-state index contributed by atoms with van der Waals surface area (Å²) in [6, 6.07) is 4.83. The molecular formula is C16H16FN3O2. The SMILES string of the molecule is Cc1ccc(Nc2c(C(N)=O)oc3c2CN(C)C=C3)c(F)c1. The van der Waals surface area contributed by atoms with Crippen LogP contribution in [0.3, 0.4) is 0 Å². The maximum absolute atomic E-state index is 14.1. The van der Waals surface area contributed by atoms with Gasteiger partial charge in [0, 0.05) is 25.4 Å². The number of carbonyl (C=O) groups is 1. The maximum atomic E-state index is 14.1. The van der Waals surface area contributed by atoms with Crippen molar-refractivity contribution in [3.63, 3.8) is 0 Å². The van der Waals surface area contributed by atoms with Gasteiger partial charge in [-0.15, -0.1) is 0 Å². The molecule has 5 nitrogen and oxygen atoms in total. The first-order valence-corrected chi connectivity index (χ1v) is 6.83. The first kappa shape index (κ1) is 14.2. The van der Waals surface area contributed by atoms with Crippen molar-refractivity contribution in [1.29, 1.82) is 0 Å². The average Bonchev–Trinajstić information content (AvgIpc) is 2.80. The fourth-order valence-corrected chi connectivity index (χ4v) is 2.43. The summed E-state index contributed by atoms with van der Waals surface area (Å²) < 4.78 is 19.6. The van der Waals surface area contributed by atoms with E-state index in [0.717, 1.165) is 11.1 Å². The number of aryl methyl sites for hydroxylation is 1. The zero-order chi connectivity index (χ0) is 15.9. The zero-order valence-corrected chi connectivity index (χ0v) is 12.3. The lowest BCUT2D eigenvalue weighted by Gasteiger charge is -2.18. The molecule has 0 atom stereocenters. The van der Waals surface area contributed by atoms with Gasteiger partial charge in [0.15, 0.2) is 0 Å². The molecular weight excluding hydrogens is 285 g/mol. The van der Waals surface area contributed by atoms with Crippen molar-refractivity contribution in [2.45, 2.75) is 13.5 Å². The maximum Gasteiger partial charge on any atom is 0.286 e. The monoisotopic (exact) mass is 301 g/mol. The third-order valence-electron chi connectivity index (χ3n) is 3.53. The normalized spacial score (nSPS) is 13.1. The number of primary amides is 1. The lowest BCUT2D eigenvalue weighted by Crippen LogP contribution is -2.15. The van der Waals surface area contributed by atoms with Crippen LogP contribution >= 0.6 is 0 Å². The van der Waals surface area contributed by atoms with Crippen molar-refractivity contribution in [3.8, 4) is 0 Å². The number of nitrogens with zero attached hydrogens (tertiary/aromatic N) is 1. The summed E-state index contributed by atoms with van der Waals surface area (Å²) >= 11 is 0. The molecule has 2 aromatic rings. The van der Waals surface area contributed by atoms with E-state index >= 15 is 0 Å². The van der Waals surface area contributed by atoms with Gasteiger partial charge in [-0.1, -0.05) is 6.07 Å². The van der Waals surface area contributed by atoms with E-state index in [1.54, 1.807) is 25.1 Å². The van der Waals surface area contributed by atoms with Crippen LogP contribution in [0.25, 0.3) is 6.08 Å². The van der Waals surface area contributed by atoms with E-state index in [4.69, 9.17) is 10.2 Å². The minimum Gasteiger partial charge on any atom is -0.449 e. The minimum atomic E-state index is -0.694. The van der Waals surface area contributed by atoms with Crippen LogP contribution < -0.4 is 11.1 Å². The van der Waals surface area contributed by atoms with E-state index in [1.807, 2.05) is 18.1 Å². The zero-order valence-electron chi connectivity index (χ0n) is 12.3. The Hall–Kier alpha value is -2.76. The molecule has 0 fully saturated rings. The second-order valence-electron chi connectivity index (χ2n) is 5.35. The van der Waals surface area contributed by atoms with Crippen LogP contribution in [0.1, 0.15) is 27.4 Å². The summed E-state index contributed by atoms with van der Waals surface area (Å²) in [5, 5.41) is 2.95. The molecule has 1 amide bonds. The van der Waals surface area contributed by atoms with Crippen LogP contribution in [-0.2, 0) is 6.54 Å². The van der Waals surface area contributed by atoms with Gasteiger partial charge in [0.25, 0.3) is 5.91 Å². The molecule has 0 bridgehead atoms. The number of anilines is 2. The quantitative estimate of drug-likeness (QED) is 0.914. The van der Waals surface area contributed by atoms with Crippen LogP contribution in [0.4, 0.5) is 15.8 Å². The molecule has 0 saturated heterocycles. The first-order chi connectivity index (χ1) is 10.5. The predicted octanol–water partition coefficient (Wildman–Crippen LogP) is 2.99. The second kappa shape index (κ2) is 5.22. The van der Waals surface area contributed by atoms with E-state index in [-0.39, 0.29) is 11.4 Å². The van der Waals surface area contributed by atoms with Gasteiger partial charge in [-0.05, 0) is 30.7 Å². The molecule has 1 aromatic carbocycles. The number of halogens is 1. The van der Waals surface area contributed by atoms with Gasteiger partial charge in [0.2, 0.25) is 5.76 Å². The van der Waals surface area contributed by atoms with E-state index in [1.165, 1.54) is 6.07 Å². The third kappa shape index (κ3) is 2.43. The fraction of sp³-hybridized carbons (Fsp3) is 0.188. The summed E-state index contributed by atoms with van der Waals surface area (Å²) in [4.78, 5) is 13.5. The first-order valence-electron chi connectivity index (χ1n) is 6.83. The Bertz CT molecular complexity index is 780. The fourth-order valence-electron chi connectivity index (χ4n) is 2.43. The lowest BCUT2D eigenvalue weighted by atomic mass is 10.1. The molecule has 0 unspecified atom stereocenters. The molecule has 1 aliphatic heterocycles. The van der Waals surface area contributed by atoms with Crippen molar-refractivity contribution in [1.82, 2.24) is 4.90 Å². The number of fused-ring (bicyclic) bond motifs is 1. The summed E-state index contributed by atoms with van der Waals surface area (Å²) in [6.45, 7) is 2.35. The van der Waals surface area contributed by atoms with Gasteiger partial charge >= 0.3 is 0 Å². The Balaban J connectivity index is 2.07. The number of nitrogens with two attached hydrogens (primary N) is 1. The molecule has 1 aliphatic rings. The molecule has 22 heavy (non-hydrogen) atoms. The highest BCUT2D eigenvalue weighted by Gasteiger charge is 2.25. The molecule has 0 aliphatic carbocycles. The molecule has 6 heteroatoms. The lowest BCUT2D eigenvalue weighted by molar-refractivity contribution is 0.0974. The number of furan rings is 1. The van der Waals surface area contributed by atoms with Crippen LogP contribution in [0, 0.1) is 12.7 Å². The van der Waals surface area contributed by atoms with Crippen LogP contribution in [0.2, 0.25) is 0 Å². The Morgan fingerprint density at radius 3 is 2.91 bits per heavy atom. The third-order valence-corrected chi connectivity index (χ3v) is 3.53. The Kier molecular flexibility index (Phi) is 3.36. The van der Waals surface area contributed by atoms with Gasteiger partial charge in [-0.25, -0.2) is 4.39 Å². The standard InChI is InChI=1S/C16H16FN3O2/c1-9-3-4-12(11(17)7-9)19-14-10-8-20(2)6-5-13(10)22-15(14)16(18)21/h3-7,19H,8H2,1-2H3,(H2,18,21). The van der Waals surface area contributed by atoms with Gasteiger partial charge in [-0.3, -0.25) is 4.79 Å². The number of amides is 1. The Morgan fingerprint density at radius 2 is 2.23 bits per heavy atom. The predicted molar refractivity (Wildman–Crippen MR) is 82.1 cm³/mol. The number of nitrogens with one attached hydrogen (secondary N) is 1. The van der Waals surface area contributed by atoms with Crippen molar-refractivity contribution in [2.24, 2.45) is 5.73 Å². The summed E-state index contributed by atoms with van der Waals surface area (Å²) in [5.41, 5.74) is 7.65. The molecule has 0 spiro atoms. The van der Waals surface area contributed by atoms with E-state index in [9.17, 15) is 9.18 Å². The highest BCUT2D eigenvalue weighted by atomic mass is 19.1. The van der Waals surface area contributed by atoms with Gasteiger partial charge in [0.05, 0.1) is 11.4 Å². The number of carbonyl (C=O) groups excluding carboxylic acids is 1. The minimum absolute atomic E-state index is 0.00456. The number of rotatable bonds is 3. The topological polar surface area (TPSA) is 71.5 Å². The molecule has 1 aromatic heterocycles. The van der Waals surface area contributed by atoms with Gasteiger partial charge < -0.3 is 20.4 Å². The summed E-state index contributed by atoms with van der Waals surface area (Å²) in [5.74, 6) is -0.530. The van der Waals surface area contributed by atoms with E-state index in [0.29, 0.717) is 18.0 Å². The van der Waals surface area contributed by atoms with Crippen molar-refractivity contribution in [3.05, 3.63) is 52.9 Å². The Morgan fingerprint density at radius 1 is 1.45 bits per heavy atom. The van der Waals surface area contributed by atoms with Crippen molar-refractivity contribution in [2.75, 3.05) is 12.4 Å². The van der Waals surface area contributed by atoms with Crippen LogP contribution in [-0.4, -0.2) is 17.9 Å². The average molecular weight is 301 g/mol. The second-order valence-corrected chi connectivity index (χ2v) is 5.35. The Labute approximate surface area is 127 Å². The van der Waals surface area contributed by atoms with Crippen molar-refractivity contribution >= 4 is 23.4 Å². The van der Waals surface area contributed by atoms with Gasteiger partial charge in [-0.2, -0.15) is 0 Å².